The SMILES string of the molecule is O=S(=O)(c1cccc2c1OCCO2)N1CCNCC1c1ccccc1Cl. The summed E-state index contributed by atoms with van der Waals surface area (Å²) in [5.41, 5.74) is 0.784. The first-order valence-corrected chi connectivity index (χ1v) is 10.3. The maximum Gasteiger partial charge on any atom is 0.247 e. The van der Waals surface area contributed by atoms with Gasteiger partial charge in [-0.05, 0) is 23.8 Å². The van der Waals surface area contributed by atoms with E-state index in [1.807, 2.05) is 18.2 Å². The van der Waals surface area contributed by atoms with Crippen LogP contribution < -0.4 is 14.8 Å². The Labute approximate surface area is 157 Å². The number of sulfonamides is 1. The lowest BCUT2D eigenvalue weighted by molar-refractivity contribution is 0.166. The van der Waals surface area contributed by atoms with Crippen molar-refractivity contribution in [1.82, 2.24) is 9.62 Å². The molecule has 6 nitrogen and oxygen atoms in total. The average molecular weight is 395 g/mol. The van der Waals surface area contributed by atoms with Crippen molar-refractivity contribution in [3.8, 4) is 11.5 Å². The zero-order valence-electron chi connectivity index (χ0n) is 14.0. The average Bonchev–Trinajstić information content (AvgIpc) is 2.68. The van der Waals surface area contributed by atoms with E-state index >= 15 is 0 Å². The third-order valence-electron chi connectivity index (χ3n) is 4.58. The van der Waals surface area contributed by atoms with Crippen molar-refractivity contribution in [1.29, 1.82) is 0 Å². The largest absolute Gasteiger partial charge is 0.486 e. The van der Waals surface area contributed by atoms with Gasteiger partial charge < -0.3 is 14.8 Å². The van der Waals surface area contributed by atoms with E-state index in [-0.39, 0.29) is 16.7 Å². The molecule has 0 bridgehead atoms. The molecule has 2 heterocycles. The lowest BCUT2D eigenvalue weighted by atomic mass is 10.1. The molecule has 8 heteroatoms. The van der Waals surface area contributed by atoms with Crippen molar-refractivity contribution >= 4 is 21.6 Å². The number of hydrogen-bond acceptors (Lipinski definition) is 5. The van der Waals surface area contributed by atoms with Crippen molar-refractivity contribution < 1.29 is 17.9 Å². The summed E-state index contributed by atoms with van der Waals surface area (Å²) in [6.45, 7) is 2.16. The molecule has 1 atom stereocenters. The highest BCUT2D eigenvalue weighted by Crippen LogP contribution is 2.40. The molecule has 0 aliphatic carbocycles. The highest BCUT2D eigenvalue weighted by molar-refractivity contribution is 7.89. The lowest BCUT2D eigenvalue weighted by Crippen LogP contribution is -2.48. The molecule has 2 aromatic rings. The molecule has 1 fully saturated rings. The minimum atomic E-state index is -3.79. The molecule has 138 valence electrons. The first kappa shape index (κ1) is 17.6. The molecule has 2 aliphatic heterocycles. The highest BCUT2D eigenvalue weighted by atomic mass is 35.5. The Morgan fingerprint density at radius 2 is 1.88 bits per heavy atom. The predicted molar refractivity (Wildman–Crippen MR) is 98.4 cm³/mol. The number of nitrogens with one attached hydrogen (secondary N) is 1. The Kier molecular flexibility index (Phi) is 4.79. The number of piperazine rings is 1. The predicted octanol–water partition coefficient (Wildman–Crippen LogP) is 2.45. The number of ether oxygens (including phenoxy) is 2. The Morgan fingerprint density at radius 1 is 1.08 bits per heavy atom. The molecule has 0 spiro atoms. The van der Waals surface area contributed by atoms with Gasteiger partial charge in [0.1, 0.15) is 18.1 Å². The lowest BCUT2D eigenvalue weighted by Gasteiger charge is -2.36. The quantitative estimate of drug-likeness (QED) is 0.866. The van der Waals surface area contributed by atoms with Gasteiger partial charge in [0.2, 0.25) is 10.0 Å². The summed E-state index contributed by atoms with van der Waals surface area (Å²) < 4.78 is 39.6. The van der Waals surface area contributed by atoms with Crippen LogP contribution in [0.1, 0.15) is 11.6 Å². The van der Waals surface area contributed by atoms with Crippen molar-refractivity contribution in [3.63, 3.8) is 0 Å². The monoisotopic (exact) mass is 394 g/mol. The van der Waals surface area contributed by atoms with Crippen LogP contribution in [0.25, 0.3) is 0 Å². The maximum atomic E-state index is 13.5. The molecule has 1 N–H and O–H groups in total. The fourth-order valence-electron chi connectivity index (χ4n) is 3.36. The van der Waals surface area contributed by atoms with Gasteiger partial charge in [0, 0.05) is 24.7 Å². The molecule has 26 heavy (non-hydrogen) atoms. The van der Waals surface area contributed by atoms with E-state index in [0.29, 0.717) is 43.6 Å². The number of hydrogen-bond donors (Lipinski definition) is 1. The Hall–Kier alpha value is -1.80. The minimum absolute atomic E-state index is 0.133. The molecule has 2 aliphatic rings. The van der Waals surface area contributed by atoms with E-state index in [4.69, 9.17) is 21.1 Å². The topological polar surface area (TPSA) is 67.9 Å². The fraction of sp³-hybridized carbons (Fsp3) is 0.333. The summed E-state index contributed by atoms with van der Waals surface area (Å²) in [7, 11) is -3.79. The minimum Gasteiger partial charge on any atom is -0.486 e. The first-order chi connectivity index (χ1) is 12.6. The third-order valence-corrected chi connectivity index (χ3v) is 6.85. The van der Waals surface area contributed by atoms with E-state index < -0.39 is 10.0 Å². The van der Waals surface area contributed by atoms with Crippen molar-refractivity contribution in [2.24, 2.45) is 0 Å². The van der Waals surface area contributed by atoms with Gasteiger partial charge in [-0.25, -0.2) is 8.42 Å². The second-order valence-corrected chi connectivity index (χ2v) is 8.40. The van der Waals surface area contributed by atoms with E-state index in [2.05, 4.69) is 5.32 Å². The van der Waals surface area contributed by atoms with Crippen LogP contribution in [0, 0.1) is 0 Å². The number of nitrogens with zero attached hydrogens (tertiary/aromatic N) is 1. The van der Waals surface area contributed by atoms with E-state index in [0.717, 1.165) is 5.56 Å². The summed E-state index contributed by atoms with van der Waals surface area (Å²) in [5, 5.41) is 3.81. The number of benzene rings is 2. The van der Waals surface area contributed by atoms with Crippen molar-refractivity contribution in [3.05, 3.63) is 53.1 Å². The highest BCUT2D eigenvalue weighted by Gasteiger charge is 2.38. The smallest absolute Gasteiger partial charge is 0.247 e. The fourth-order valence-corrected chi connectivity index (χ4v) is 5.37. The molecule has 0 saturated carbocycles. The zero-order chi connectivity index (χ0) is 18.1. The molecule has 4 rings (SSSR count). The van der Waals surface area contributed by atoms with Crippen LogP contribution in [0.3, 0.4) is 0 Å². The van der Waals surface area contributed by atoms with Crippen LogP contribution in [0.2, 0.25) is 5.02 Å². The molecular formula is C18H19ClN2O4S. The third kappa shape index (κ3) is 3.05. The van der Waals surface area contributed by atoms with Crippen LogP contribution in [0.15, 0.2) is 47.4 Å². The van der Waals surface area contributed by atoms with Gasteiger partial charge in [-0.1, -0.05) is 35.9 Å². The zero-order valence-corrected chi connectivity index (χ0v) is 15.6. The Balaban J connectivity index is 1.78. The second kappa shape index (κ2) is 7.08. The van der Waals surface area contributed by atoms with Crippen LogP contribution in [0.5, 0.6) is 11.5 Å². The standard InChI is InChI=1S/C18H19ClN2O4S/c19-14-5-2-1-4-13(14)15-12-20-8-9-21(15)26(22,23)17-7-3-6-16-18(17)25-11-10-24-16/h1-7,15,20H,8-12H2. The van der Waals surface area contributed by atoms with Gasteiger partial charge in [0.25, 0.3) is 0 Å². The van der Waals surface area contributed by atoms with E-state index in [1.54, 1.807) is 24.3 Å². The number of para-hydroxylation sites is 1. The van der Waals surface area contributed by atoms with E-state index in [9.17, 15) is 8.42 Å². The molecule has 1 unspecified atom stereocenters. The Bertz CT molecular complexity index is 919. The molecule has 0 radical (unpaired) electrons. The van der Waals surface area contributed by atoms with Gasteiger partial charge in [0.15, 0.2) is 11.5 Å². The van der Waals surface area contributed by atoms with Crippen LogP contribution in [-0.2, 0) is 10.0 Å². The summed E-state index contributed by atoms with van der Waals surface area (Å²) in [6.07, 6.45) is 0. The molecule has 0 aromatic heterocycles. The van der Waals surface area contributed by atoms with Gasteiger partial charge >= 0.3 is 0 Å². The van der Waals surface area contributed by atoms with Crippen molar-refractivity contribution in [2.75, 3.05) is 32.8 Å². The van der Waals surface area contributed by atoms with Gasteiger partial charge in [0.05, 0.1) is 6.04 Å². The van der Waals surface area contributed by atoms with Gasteiger partial charge in [-0.15, -0.1) is 0 Å². The summed E-state index contributed by atoms with van der Waals surface area (Å²) >= 11 is 6.34. The molecule has 2 aromatic carbocycles. The van der Waals surface area contributed by atoms with Gasteiger partial charge in [-0.2, -0.15) is 4.31 Å². The normalized spacial score (nSPS) is 20.7. The number of fused-ring (bicyclic) bond motifs is 1. The van der Waals surface area contributed by atoms with Gasteiger partial charge in [-0.3, -0.25) is 0 Å². The van der Waals surface area contributed by atoms with Crippen LogP contribution in [-0.4, -0.2) is 45.6 Å². The van der Waals surface area contributed by atoms with Crippen molar-refractivity contribution in [2.45, 2.75) is 10.9 Å². The summed E-state index contributed by atoms with van der Waals surface area (Å²) in [4.78, 5) is 0.133. The van der Waals surface area contributed by atoms with Crippen LogP contribution >= 0.6 is 11.6 Å². The van der Waals surface area contributed by atoms with Crippen LogP contribution in [0.4, 0.5) is 0 Å². The molecule has 0 amide bonds. The molecule has 1 saturated heterocycles. The maximum absolute atomic E-state index is 13.5. The number of rotatable bonds is 3. The second-order valence-electron chi connectivity index (χ2n) is 6.14. The number of halogens is 1. The first-order valence-electron chi connectivity index (χ1n) is 8.44. The molecular weight excluding hydrogens is 376 g/mol. The Morgan fingerprint density at radius 3 is 2.73 bits per heavy atom. The summed E-state index contributed by atoms with van der Waals surface area (Å²) in [5.74, 6) is 0.747. The van der Waals surface area contributed by atoms with E-state index in [1.165, 1.54) is 4.31 Å². The summed E-state index contributed by atoms with van der Waals surface area (Å²) in [6, 6.07) is 11.9.